The Hall–Kier alpha value is -0.480. The largest absolute Gasteiger partial charge is 0.421 e. The van der Waals surface area contributed by atoms with Crippen LogP contribution in [0, 0.1) is 0 Å². The van der Waals surface area contributed by atoms with E-state index in [1.807, 2.05) is 0 Å². The van der Waals surface area contributed by atoms with Crippen molar-refractivity contribution in [3.63, 3.8) is 0 Å². The molecule has 1 atom stereocenters. The number of alkyl halides is 5. The van der Waals surface area contributed by atoms with E-state index in [4.69, 9.17) is 4.55 Å². The van der Waals surface area contributed by atoms with Crippen LogP contribution in [-0.2, 0) is 14.9 Å². The molecule has 0 aliphatic rings. The van der Waals surface area contributed by atoms with E-state index in [1.54, 1.807) is 0 Å². The van der Waals surface area contributed by atoms with Crippen molar-refractivity contribution in [3.05, 3.63) is 0 Å². The zero-order valence-corrected chi connectivity index (χ0v) is 10.6. The van der Waals surface area contributed by atoms with Crippen molar-refractivity contribution < 1.29 is 39.7 Å². The lowest BCUT2D eigenvalue weighted by Crippen LogP contribution is -2.54. The molecule has 4 nitrogen and oxygen atoms in total. The molecule has 1 unspecified atom stereocenters. The monoisotopic (exact) mass is 300 g/mol. The molecule has 0 saturated heterocycles. The van der Waals surface area contributed by atoms with Crippen LogP contribution in [0.5, 0.6) is 0 Å². The van der Waals surface area contributed by atoms with Gasteiger partial charge in [0.15, 0.2) is 0 Å². The molecule has 0 aliphatic carbocycles. The van der Waals surface area contributed by atoms with Crippen LogP contribution < -0.4 is 0 Å². The summed E-state index contributed by atoms with van der Waals surface area (Å²) < 4.78 is 96.4. The summed E-state index contributed by atoms with van der Waals surface area (Å²) >= 11 is 0. The van der Waals surface area contributed by atoms with Crippen molar-refractivity contribution in [2.24, 2.45) is 0 Å². The van der Waals surface area contributed by atoms with Crippen molar-refractivity contribution in [1.29, 1.82) is 0 Å². The normalized spacial score (nSPS) is 16.7. The van der Waals surface area contributed by atoms with E-state index in [2.05, 4.69) is 4.74 Å². The van der Waals surface area contributed by atoms with Crippen LogP contribution in [0.3, 0.4) is 0 Å². The highest BCUT2D eigenvalue weighted by Gasteiger charge is 2.65. The Labute approximate surface area is 101 Å². The Morgan fingerprint density at radius 3 is 1.78 bits per heavy atom. The Morgan fingerprint density at radius 1 is 1.17 bits per heavy atom. The summed E-state index contributed by atoms with van der Waals surface area (Å²) in [6.07, 6.45) is -9.65. The SMILES string of the molecule is CCC(C)(C)OC(C(F)(F)F)C(F)(F)S(=O)(=O)O. The van der Waals surface area contributed by atoms with Gasteiger partial charge in [-0.15, -0.1) is 0 Å². The van der Waals surface area contributed by atoms with Gasteiger partial charge >= 0.3 is 21.5 Å². The maximum absolute atomic E-state index is 13.1. The van der Waals surface area contributed by atoms with Crippen LogP contribution in [0.1, 0.15) is 27.2 Å². The molecule has 18 heavy (non-hydrogen) atoms. The van der Waals surface area contributed by atoms with E-state index >= 15 is 0 Å². The van der Waals surface area contributed by atoms with Gasteiger partial charge in [-0.2, -0.15) is 30.4 Å². The van der Waals surface area contributed by atoms with Gasteiger partial charge in [-0.25, -0.2) is 0 Å². The van der Waals surface area contributed by atoms with Gasteiger partial charge in [-0.3, -0.25) is 4.55 Å². The van der Waals surface area contributed by atoms with Crippen molar-refractivity contribution in [3.8, 4) is 0 Å². The van der Waals surface area contributed by atoms with E-state index in [0.717, 1.165) is 13.8 Å². The minimum atomic E-state index is -6.24. The third kappa shape index (κ3) is 4.02. The fraction of sp³-hybridized carbons (Fsp3) is 1.00. The second kappa shape index (κ2) is 4.89. The molecule has 0 aromatic heterocycles. The summed E-state index contributed by atoms with van der Waals surface area (Å²) in [5.41, 5.74) is -1.63. The molecular weight excluding hydrogens is 287 g/mol. The first kappa shape index (κ1) is 17.5. The molecule has 10 heteroatoms. The molecule has 0 spiro atoms. The van der Waals surface area contributed by atoms with Gasteiger partial charge in [-0.1, -0.05) is 6.92 Å². The van der Waals surface area contributed by atoms with E-state index < -0.39 is 33.3 Å². The Kier molecular flexibility index (Phi) is 4.76. The van der Waals surface area contributed by atoms with Gasteiger partial charge in [0.25, 0.3) is 0 Å². The van der Waals surface area contributed by atoms with Gasteiger partial charge < -0.3 is 4.74 Å². The van der Waals surface area contributed by atoms with Gasteiger partial charge in [-0.05, 0) is 20.3 Å². The molecule has 0 aromatic carbocycles. The highest BCUT2D eigenvalue weighted by Crippen LogP contribution is 2.40. The van der Waals surface area contributed by atoms with E-state index in [-0.39, 0.29) is 6.42 Å². The average molecular weight is 300 g/mol. The minimum absolute atomic E-state index is 0.0683. The van der Waals surface area contributed by atoms with Crippen molar-refractivity contribution in [2.75, 3.05) is 0 Å². The minimum Gasteiger partial charge on any atom is -0.356 e. The van der Waals surface area contributed by atoms with E-state index in [1.165, 1.54) is 6.92 Å². The van der Waals surface area contributed by atoms with Crippen molar-refractivity contribution in [1.82, 2.24) is 0 Å². The molecular formula is C8H13F5O4S. The summed E-state index contributed by atoms with van der Waals surface area (Å²) in [7, 11) is -6.24. The van der Waals surface area contributed by atoms with Gasteiger partial charge in [0.05, 0.1) is 5.60 Å². The van der Waals surface area contributed by atoms with Crippen LogP contribution in [0.2, 0.25) is 0 Å². The first-order valence-electron chi connectivity index (χ1n) is 4.74. The zero-order valence-electron chi connectivity index (χ0n) is 9.75. The summed E-state index contributed by atoms with van der Waals surface area (Å²) in [5, 5.41) is -5.47. The van der Waals surface area contributed by atoms with Crippen molar-refractivity contribution >= 4 is 10.1 Å². The number of ether oxygens (including phenoxy) is 1. The number of rotatable bonds is 5. The Morgan fingerprint density at radius 2 is 1.56 bits per heavy atom. The lowest BCUT2D eigenvalue weighted by molar-refractivity contribution is -0.290. The number of hydrogen-bond donors (Lipinski definition) is 1. The molecule has 0 saturated carbocycles. The van der Waals surface area contributed by atoms with Crippen LogP contribution in [0.4, 0.5) is 22.0 Å². The smallest absolute Gasteiger partial charge is 0.356 e. The predicted molar refractivity (Wildman–Crippen MR) is 51.8 cm³/mol. The van der Waals surface area contributed by atoms with Gasteiger partial charge in [0.2, 0.25) is 6.10 Å². The maximum Gasteiger partial charge on any atom is 0.421 e. The summed E-state index contributed by atoms with van der Waals surface area (Å²) in [4.78, 5) is 0. The molecule has 0 bridgehead atoms. The third-order valence-electron chi connectivity index (χ3n) is 2.23. The van der Waals surface area contributed by atoms with Crippen LogP contribution in [0.25, 0.3) is 0 Å². The second-order valence-corrected chi connectivity index (χ2v) is 5.68. The topological polar surface area (TPSA) is 63.6 Å². The fourth-order valence-electron chi connectivity index (χ4n) is 0.864. The fourth-order valence-corrected chi connectivity index (χ4v) is 1.32. The predicted octanol–water partition coefficient (Wildman–Crippen LogP) is 2.60. The second-order valence-electron chi connectivity index (χ2n) is 4.19. The molecule has 0 rings (SSSR count). The molecule has 0 radical (unpaired) electrons. The van der Waals surface area contributed by atoms with Gasteiger partial charge in [0.1, 0.15) is 0 Å². The van der Waals surface area contributed by atoms with Crippen LogP contribution >= 0.6 is 0 Å². The van der Waals surface area contributed by atoms with E-state index in [0.29, 0.717) is 0 Å². The standard InChI is InChI=1S/C8H13F5O4S/c1-4-6(2,3)17-5(7(9,10)11)8(12,13)18(14,15)16/h5H,4H2,1-3H3,(H,14,15,16). The third-order valence-corrected chi connectivity index (χ3v) is 3.14. The molecule has 0 aliphatic heterocycles. The summed E-state index contributed by atoms with van der Waals surface area (Å²) in [5.74, 6) is 0. The molecule has 0 amide bonds. The maximum atomic E-state index is 13.1. The highest BCUT2D eigenvalue weighted by atomic mass is 32.2. The first-order chi connectivity index (χ1) is 7.65. The van der Waals surface area contributed by atoms with Crippen LogP contribution in [0.15, 0.2) is 0 Å². The van der Waals surface area contributed by atoms with Crippen LogP contribution in [-0.4, -0.2) is 36.1 Å². The molecule has 0 fully saturated rings. The number of halogens is 5. The highest BCUT2D eigenvalue weighted by molar-refractivity contribution is 7.86. The Balaban J connectivity index is 5.56. The van der Waals surface area contributed by atoms with Gasteiger partial charge in [0, 0.05) is 0 Å². The Bertz CT molecular complexity index is 387. The zero-order chi connectivity index (χ0) is 15.0. The molecule has 0 heterocycles. The lowest BCUT2D eigenvalue weighted by Gasteiger charge is -2.33. The van der Waals surface area contributed by atoms with Crippen molar-refractivity contribution in [2.45, 2.75) is 50.3 Å². The molecule has 1 N–H and O–H groups in total. The average Bonchev–Trinajstić information content (AvgIpc) is 2.10. The molecule has 110 valence electrons. The van der Waals surface area contributed by atoms with E-state index in [9.17, 15) is 30.4 Å². The molecule has 0 aromatic rings. The first-order valence-corrected chi connectivity index (χ1v) is 6.18. The summed E-state index contributed by atoms with van der Waals surface area (Å²) in [6.45, 7) is 3.55. The summed E-state index contributed by atoms with van der Waals surface area (Å²) in [6, 6.07) is 0. The quantitative estimate of drug-likeness (QED) is 0.626. The lowest BCUT2D eigenvalue weighted by atomic mass is 10.1. The number of hydrogen-bond acceptors (Lipinski definition) is 3.